The van der Waals surface area contributed by atoms with Gasteiger partial charge in [0, 0.05) is 67.2 Å². The van der Waals surface area contributed by atoms with Crippen molar-refractivity contribution in [1.82, 2.24) is 25.0 Å². The number of carbonyl (C=O) groups is 2. The number of pyridine rings is 1. The van der Waals surface area contributed by atoms with Gasteiger partial charge in [0.05, 0.1) is 18.4 Å². The molecule has 34 heavy (non-hydrogen) atoms. The molecule has 1 atom stereocenters. The number of anilines is 1. The molecule has 0 radical (unpaired) electrons. The van der Waals surface area contributed by atoms with Crippen LogP contribution in [-0.4, -0.2) is 62.3 Å². The van der Waals surface area contributed by atoms with Crippen LogP contribution in [0.2, 0.25) is 0 Å². The van der Waals surface area contributed by atoms with Gasteiger partial charge in [-0.1, -0.05) is 11.8 Å². The first-order valence-corrected chi connectivity index (χ1v) is 11.0. The van der Waals surface area contributed by atoms with Crippen molar-refractivity contribution < 1.29 is 14.7 Å². The van der Waals surface area contributed by atoms with Crippen molar-refractivity contribution in [2.75, 3.05) is 25.4 Å². The van der Waals surface area contributed by atoms with Crippen molar-refractivity contribution in [1.29, 1.82) is 0 Å². The Morgan fingerprint density at radius 2 is 2.03 bits per heavy atom. The van der Waals surface area contributed by atoms with E-state index in [2.05, 4.69) is 27.2 Å². The summed E-state index contributed by atoms with van der Waals surface area (Å²) >= 11 is 0. The number of nitrogens with zero attached hydrogens (tertiary/aromatic N) is 4. The number of carbonyl (C=O) groups excluding carboxylic acids is 2. The van der Waals surface area contributed by atoms with Crippen LogP contribution in [0.1, 0.15) is 39.1 Å². The Bertz CT molecular complexity index is 1260. The fourth-order valence-electron chi connectivity index (χ4n) is 3.81. The molecule has 4 rings (SSSR count). The molecule has 9 heteroatoms. The number of nitrogens with one attached hydrogen (secondary N) is 1. The summed E-state index contributed by atoms with van der Waals surface area (Å²) in [5.41, 5.74) is 9.21. The number of nitrogen functional groups attached to an aromatic ring is 1. The molecule has 0 bridgehead atoms. The van der Waals surface area contributed by atoms with E-state index < -0.39 is 0 Å². The molecule has 1 fully saturated rings. The molecule has 4 N–H and O–H groups in total. The predicted molar refractivity (Wildman–Crippen MR) is 128 cm³/mol. The third kappa shape index (κ3) is 5.24. The zero-order chi connectivity index (χ0) is 24.1. The molecule has 0 spiro atoms. The summed E-state index contributed by atoms with van der Waals surface area (Å²) in [6, 6.07) is 8.59. The van der Waals surface area contributed by atoms with E-state index in [1.807, 2.05) is 13.2 Å². The minimum Gasteiger partial charge on any atom is -0.395 e. The number of aliphatic hydroxyl groups excluding tert-OH is 1. The highest BCUT2D eigenvalue weighted by Crippen LogP contribution is 2.22. The SMILES string of the molecule is Cn1cc(-c2cnc(N)c(C(=O)N[C@@H]3CCN(C(=O)c4ccc(C#CCCO)cc4)C3)c2)cn1. The van der Waals surface area contributed by atoms with Crippen LogP contribution in [-0.2, 0) is 7.05 Å². The quantitative estimate of drug-likeness (QED) is 0.497. The fourth-order valence-corrected chi connectivity index (χ4v) is 3.81. The highest BCUT2D eigenvalue weighted by molar-refractivity contribution is 6.00. The zero-order valence-electron chi connectivity index (χ0n) is 18.9. The predicted octanol–water partition coefficient (Wildman–Crippen LogP) is 1.44. The maximum atomic E-state index is 12.9. The molecule has 0 aliphatic carbocycles. The van der Waals surface area contributed by atoms with Gasteiger partial charge in [-0.3, -0.25) is 14.3 Å². The van der Waals surface area contributed by atoms with E-state index in [4.69, 9.17) is 10.8 Å². The second-order valence-electron chi connectivity index (χ2n) is 8.12. The highest BCUT2D eigenvalue weighted by Gasteiger charge is 2.28. The summed E-state index contributed by atoms with van der Waals surface area (Å²) in [7, 11) is 1.82. The lowest BCUT2D eigenvalue weighted by Gasteiger charge is -2.17. The Morgan fingerprint density at radius 1 is 1.24 bits per heavy atom. The van der Waals surface area contributed by atoms with Gasteiger partial charge in [-0.15, -0.1) is 0 Å². The Balaban J connectivity index is 1.38. The van der Waals surface area contributed by atoms with Crippen LogP contribution in [0, 0.1) is 11.8 Å². The van der Waals surface area contributed by atoms with Gasteiger partial charge >= 0.3 is 0 Å². The van der Waals surface area contributed by atoms with Crippen molar-refractivity contribution in [3.05, 3.63) is 65.6 Å². The summed E-state index contributed by atoms with van der Waals surface area (Å²) in [5.74, 6) is 5.54. The van der Waals surface area contributed by atoms with Crippen molar-refractivity contribution in [3.63, 3.8) is 0 Å². The Labute approximate surface area is 197 Å². The molecule has 1 aliphatic rings. The molecular formula is C25H26N6O3. The van der Waals surface area contributed by atoms with Gasteiger partial charge in [0.25, 0.3) is 11.8 Å². The van der Waals surface area contributed by atoms with Crippen molar-refractivity contribution >= 4 is 17.6 Å². The van der Waals surface area contributed by atoms with E-state index in [1.54, 1.807) is 52.3 Å². The number of benzene rings is 1. The van der Waals surface area contributed by atoms with Gasteiger partial charge in [0.2, 0.25) is 0 Å². The number of hydrogen-bond donors (Lipinski definition) is 3. The number of nitrogens with two attached hydrogens (primary N) is 1. The van der Waals surface area contributed by atoms with Gasteiger partial charge < -0.3 is 21.1 Å². The van der Waals surface area contributed by atoms with E-state index in [0.29, 0.717) is 37.1 Å². The fraction of sp³-hybridized carbons (Fsp3) is 0.280. The Kier molecular flexibility index (Phi) is 6.90. The van der Waals surface area contributed by atoms with Crippen molar-refractivity contribution in [2.45, 2.75) is 18.9 Å². The van der Waals surface area contributed by atoms with Gasteiger partial charge in [0.15, 0.2) is 0 Å². The summed E-state index contributed by atoms with van der Waals surface area (Å²) < 4.78 is 1.67. The topological polar surface area (TPSA) is 126 Å². The molecule has 3 heterocycles. The van der Waals surface area contributed by atoms with Crippen LogP contribution < -0.4 is 11.1 Å². The maximum Gasteiger partial charge on any atom is 0.255 e. The number of hydrogen-bond acceptors (Lipinski definition) is 6. The molecule has 1 aromatic carbocycles. The number of amides is 2. The van der Waals surface area contributed by atoms with Crippen LogP contribution in [0.15, 0.2) is 48.9 Å². The zero-order valence-corrected chi connectivity index (χ0v) is 18.9. The average molecular weight is 459 g/mol. The summed E-state index contributed by atoms with van der Waals surface area (Å²) in [6.07, 6.45) is 6.21. The number of aliphatic hydroxyl groups is 1. The Hall–Kier alpha value is -4.16. The first-order chi connectivity index (χ1) is 16.4. The van der Waals surface area contributed by atoms with Crippen molar-refractivity contribution in [2.24, 2.45) is 7.05 Å². The molecule has 0 saturated carbocycles. The average Bonchev–Trinajstić information content (AvgIpc) is 3.48. The Morgan fingerprint density at radius 3 is 2.74 bits per heavy atom. The smallest absolute Gasteiger partial charge is 0.255 e. The lowest BCUT2D eigenvalue weighted by atomic mass is 10.1. The summed E-state index contributed by atoms with van der Waals surface area (Å²) in [5, 5.41) is 15.9. The number of likely N-dealkylation sites (tertiary alicyclic amines) is 1. The minimum absolute atomic E-state index is 0.0231. The maximum absolute atomic E-state index is 12.9. The molecule has 2 aromatic heterocycles. The molecule has 1 aliphatic heterocycles. The highest BCUT2D eigenvalue weighted by atomic mass is 16.2. The van der Waals surface area contributed by atoms with E-state index in [9.17, 15) is 9.59 Å². The lowest BCUT2D eigenvalue weighted by molar-refractivity contribution is 0.0783. The van der Waals surface area contributed by atoms with Gasteiger partial charge in [-0.05, 0) is 36.8 Å². The van der Waals surface area contributed by atoms with Crippen LogP contribution in [0.5, 0.6) is 0 Å². The lowest BCUT2D eigenvalue weighted by Crippen LogP contribution is -2.38. The van der Waals surface area contributed by atoms with E-state index in [1.165, 1.54) is 0 Å². The monoisotopic (exact) mass is 458 g/mol. The van der Waals surface area contributed by atoms with Crippen LogP contribution in [0.4, 0.5) is 5.82 Å². The van der Waals surface area contributed by atoms with Crippen LogP contribution in [0.25, 0.3) is 11.1 Å². The third-order valence-electron chi connectivity index (χ3n) is 5.61. The molecule has 3 aromatic rings. The van der Waals surface area contributed by atoms with E-state index in [-0.39, 0.29) is 30.3 Å². The molecule has 9 nitrogen and oxygen atoms in total. The van der Waals surface area contributed by atoms with E-state index >= 15 is 0 Å². The van der Waals surface area contributed by atoms with Gasteiger partial charge in [0.1, 0.15) is 5.82 Å². The second kappa shape index (κ2) is 10.2. The second-order valence-corrected chi connectivity index (χ2v) is 8.12. The largest absolute Gasteiger partial charge is 0.395 e. The van der Waals surface area contributed by atoms with Gasteiger partial charge in [-0.2, -0.15) is 5.10 Å². The molecule has 1 saturated heterocycles. The summed E-state index contributed by atoms with van der Waals surface area (Å²) in [4.78, 5) is 31.7. The molecule has 2 amide bonds. The first-order valence-electron chi connectivity index (χ1n) is 11.0. The third-order valence-corrected chi connectivity index (χ3v) is 5.61. The number of rotatable bonds is 5. The normalized spacial score (nSPS) is 15.0. The molecule has 0 unspecified atom stereocenters. The number of aryl methyl sites for hydroxylation is 1. The number of aromatic nitrogens is 3. The van der Waals surface area contributed by atoms with E-state index in [0.717, 1.165) is 16.7 Å². The first kappa shape index (κ1) is 23.0. The van der Waals surface area contributed by atoms with Gasteiger partial charge in [-0.25, -0.2) is 4.98 Å². The van der Waals surface area contributed by atoms with Crippen molar-refractivity contribution in [3.8, 4) is 23.0 Å². The van der Waals surface area contributed by atoms with Crippen LogP contribution >= 0.6 is 0 Å². The molecular weight excluding hydrogens is 432 g/mol. The molecule has 174 valence electrons. The minimum atomic E-state index is -0.319. The summed E-state index contributed by atoms with van der Waals surface area (Å²) in [6.45, 7) is 0.985. The van der Waals surface area contributed by atoms with Crippen LogP contribution in [0.3, 0.4) is 0 Å². The standard InChI is InChI=1S/C25H26N6O3/c1-30-15-20(14-28-30)19-12-22(23(26)27-13-19)24(33)29-21-9-10-31(16-21)25(34)18-7-5-17(6-8-18)4-2-3-11-32/h5-8,12-15,21,32H,3,9-11,16H2,1H3,(H2,26,27)(H,29,33)/t21-/m1/s1.